The van der Waals surface area contributed by atoms with Crippen LogP contribution in [0.25, 0.3) is 0 Å². The van der Waals surface area contributed by atoms with Crippen molar-refractivity contribution >= 4 is 11.6 Å². The summed E-state index contributed by atoms with van der Waals surface area (Å²) in [7, 11) is 1.78. The number of rotatable bonds is 2. The van der Waals surface area contributed by atoms with Gasteiger partial charge in [0.25, 0.3) is 0 Å². The molecule has 1 unspecified atom stereocenters. The largest absolute Gasteiger partial charge is 0.472 e. The van der Waals surface area contributed by atoms with Gasteiger partial charge in [0.15, 0.2) is 0 Å². The monoisotopic (exact) mass is 257 g/mol. The van der Waals surface area contributed by atoms with E-state index in [9.17, 15) is 9.90 Å². The first-order valence-electron chi connectivity index (χ1n) is 6.26. The van der Waals surface area contributed by atoms with Crippen LogP contribution in [-0.4, -0.2) is 18.1 Å². The molecule has 4 nitrogen and oxygen atoms in total. The van der Waals surface area contributed by atoms with Crippen LogP contribution >= 0.6 is 0 Å². The number of carbonyl (C=O) groups excluding carboxylic acids is 1. The highest BCUT2D eigenvalue weighted by molar-refractivity contribution is 5.95. The molecule has 0 fully saturated rings. The van der Waals surface area contributed by atoms with Crippen LogP contribution in [0.15, 0.2) is 41.2 Å². The number of hydrogen-bond acceptors (Lipinski definition) is 3. The lowest BCUT2D eigenvalue weighted by molar-refractivity contribution is -0.118. The number of nitrogens with zero attached hydrogens (tertiary/aromatic N) is 1. The summed E-state index contributed by atoms with van der Waals surface area (Å²) in [5.74, 6) is 0.135. The van der Waals surface area contributed by atoms with Gasteiger partial charge in [0, 0.05) is 24.7 Å². The van der Waals surface area contributed by atoms with Crippen LogP contribution in [0.4, 0.5) is 5.69 Å². The third-order valence-corrected chi connectivity index (χ3v) is 3.62. The van der Waals surface area contributed by atoms with Gasteiger partial charge >= 0.3 is 0 Å². The molecule has 19 heavy (non-hydrogen) atoms. The molecule has 0 aliphatic carbocycles. The standard InChI is InChI=1S/C15H15NO3/c1-16-13-4-2-11(8-10(13)3-5-14(16)17)15(18)12-6-7-19-9-12/h2,4,6-9,15,18H,3,5H2,1H3. The van der Waals surface area contributed by atoms with Gasteiger partial charge in [0.1, 0.15) is 6.10 Å². The Kier molecular flexibility index (Phi) is 2.87. The molecule has 1 aromatic carbocycles. The average molecular weight is 257 g/mol. The van der Waals surface area contributed by atoms with Crippen molar-refractivity contribution < 1.29 is 14.3 Å². The third kappa shape index (κ3) is 2.04. The zero-order valence-electron chi connectivity index (χ0n) is 10.7. The zero-order chi connectivity index (χ0) is 13.4. The quantitative estimate of drug-likeness (QED) is 0.898. The first-order valence-corrected chi connectivity index (χ1v) is 6.26. The molecule has 0 saturated heterocycles. The normalized spacial score (nSPS) is 16.3. The molecule has 0 spiro atoms. The number of aryl methyl sites for hydroxylation is 1. The summed E-state index contributed by atoms with van der Waals surface area (Å²) in [6.45, 7) is 0. The maximum absolute atomic E-state index is 11.6. The molecule has 1 N–H and O–H groups in total. The summed E-state index contributed by atoms with van der Waals surface area (Å²) in [5.41, 5.74) is 3.59. The molecule has 3 rings (SSSR count). The minimum absolute atomic E-state index is 0.135. The van der Waals surface area contributed by atoms with Crippen molar-refractivity contribution in [3.63, 3.8) is 0 Å². The lowest BCUT2D eigenvalue weighted by Gasteiger charge is -2.26. The number of aliphatic hydroxyl groups is 1. The highest BCUT2D eigenvalue weighted by Gasteiger charge is 2.22. The van der Waals surface area contributed by atoms with Crippen LogP contribution in [0, 0.1) is 0 Å². The van der Waals surface area contributed by atoms with Crippen molar-refractivity contribution in [2.45, 2.75) is 18.9 Å². The van der Waals surface area contributed by atoms with Gasteiger partial charge in [-0.2, -0.15) is 0 Å². The molecule has 2 heterocycles. The number of aliphatic hydroxyl groups excluding tert-OH is 1. The first kappa shape index (κ1) is 12.0. The molecule has 98 valence electrons. The van der Waals surface area contributed by atoms with Crippen molar-refractivity contribution in [3.8, 4) is 0 Å². The van der Waals surface area contributed by atoms with E-state index < -0.39 is 6.10 Å². The Morgan fingerprint density at radius 1 is 1.26 bits per heavy atom. The number of benzene rings is 1. The van der Waals surface area contributed by atoms with Gasteiger partial charge in [-0.05, 0) is 29.7 Å². The Morgan fingerprint density at radius 2 is 2.11 bits per heavy atom. The van der Waals surface area contributed by atoms with Crippen LogP contribution in [-0.2, 0) is 11.2 Å². The molecule has 4 heteroatoms. The van der Waals surface area contributed by atoms with Gasteiger partial charge in [-0.1, -0.05) is 12.1 Å². The van der Waals surface area contributed by atoms with Crippen LogP contribution in [0.5, 0.6) is 0 Å². The second-order valence-electron chi connectivity index (χ2n) is 4.80. The van der Waals surface area contributed by atoms with Crippen LogP contribution in [0.3, 0.4) is 0 Å². The second-order valence-corrected chi connectivity index (χ2v) is 4.80. The Morgan fingerprint density at radius 3 is 2.84 bits per heavy atom. The van der Waals surface area contributed by atoms with Gasteiger partial charge in [0.2, 0.25) is 5.91 Å². The fourth-order valence-corrected chi connectivity index (χ4v) is 2.47. The summed E-state index contributed by atoms with van der Waals surface area (Å²) in [5, 5.41) is 10.3. The van der Waals surface area contributed by atoms with Gasteiger partial charge < -0.3 is 14.4 Å². The van der Waals surface area contributed by atoms with Gasteiger partial charge in [-0.25, -0.2) is 0 Å². The Labute approximate surface area is 111 Å². The maximum Gasteiger partial charge on any atom is 0.227 e. The summed E-state index contributed by atoms with van der Waals surface area (Å²) in [6, 6.07) is 7.46. The van der Waals surface area contributed by atoms with E-state index in [4.69, 9.17) is 4.42 Å². The summed E-state index contributed by atoms with van der Waals surface area (Å²) < 4.78 is 4.99. The van der Waals surface area contributed by atoms with Crippen molar-refractivity contribution in [1.29, 1.82) is 0 Å². The smallest absolute Gasteiger partial charge is 0.227 e. The van der Waals surface area contributed by atoms with Gasteiger partial charge in [-0.3, -0.25) is 4.79 Å². The number of amides is 1. The number of anilines is 1. The van der Waals surface area contributed by atoms with E-state index in [1.165, 1.54) is 0 Å². The summed E-state index contributed by atoms with van der Waals surface area (Å²) in [6.07, 6.45) is 3.65. The minimum atomic E-state index is -0.688. The predicted molar refractivity (Wildman–Crippen MR) is 70.9 cm³/mol. The lowest BCUT2D eigenvalue weighted by Crippen LogP contribution is -2.31. The van der Waals surface area contributed by atoms with Crippen molar-refractivity contribution in [1.82, 2.24) is 0 Å². The van der Waals surface area contributed by atoms with Crippen LogP contribution < -0.4 is 4.90 Å². The van der Waals surface area contributed by atoms with Crippen molar-refractivity contribution in [2.75, 3.05) is 11.9 Å². The maximum atomic E-state index is 11.6. The van der Waals surface area contributed by atoms with E-state index in [1.54, 1.807) is 30.5 Å². The van der Waals surface area contributed by atoms with Gasteiger partial charge in [-0.15, -0.1) is 0 Å². The minimum Gasteiger partial charge on any atom is -0.472 e. The topological polar surface area (TPSA) is 53.7 Å². The Hall–Kier alpha value is -2.07. The Balaban J connectivity index is 1.96. The lowest BCUT2D eigenvalue weighted by atomic mass is 9.95. The number of carbonyl (C=O) groups is 1. The van der Waals surface area contributed by atoms with Gasteiger partial charge in [0.05, 0.1) is 12.5 Å². The fraction of sp³-hybridized carbons (Fsp3) is 0.267. The average Bonchev–Trinajstić information content (AvgIpc) is 2.96. The summed E-state index contributed by atoms with van der Waals surface area (Å²) in [4.78, 5) is 13.3. The molecule has 2 aromatic rings. The molecule has 0 bridgehead atoms. The van der Waals surface area contributed by atoms with E-state index in [2.05, 4.69) is 0 Å². The van der Waals surface area contributed by atoms with Crippen molar-refractivity contribution in [2.24, 2.45) is 0 Å². The van der Waals surface area contributed by atoms with E-state index in [-0.39, 0.29) is 5.91 Å². The number of fused-ring (bicyclic) bond motifs is 1. The molecule has 1 atom stereocenters. The molecule has 1 aliphatic rings. The fourth-order valence-electron chi connectivity index (χ4n) is 2.47. The van der Waals surface area contributed by atoms with Crippen LogP contribution in [0.1, 0.15) is 29.2 Å². The SMILES string of the molecule is CN1C(=O)CCc2cc(C(O)c3ccoc3)ccc21. The van der Waals surface area contributed by atoms with Crippen LogP contribution in [0.2, 0.25) is 0 Å². The molecular formula is C15H15NO3. The molecule has 1 amide bonds. The van der Waals surface area contributed by atoms with E-state index in [0.29, 0.717) is 6.42 Å². The first-order chi connectivity index (χ1) is 9.16. The highest BCUT2D eigenvalue weighted by atomic mass is 16.3. The third-order valence-electron chi connectivity index (χ3n) is 3.62. The second kappa shape index (κ2) is 4.55. The predicted octanol–water partition coefficient (Wildman–Crippen LogP) is 2.27. The Bertz CT molecular complexity index is 604. The van der Waals surface area contributed by atoms with E-state index in [0.717, 1.165) is 28.8 Å². The van der Waals surface area contributed by atoms with Crippen molar-refractivity contribution in [3.05, 3.63) is 53.5 Å². The molecule has 0 radical (unpaired) electrons. The molecular weight excluding hydrogens is 242 g/mol. The summed E-state index contributed by atoms with van der Waals surface area (Å²) >= 11 is 0. The number of furan rings is 1. The van der Waals surface area contributed by atoms with E-state index in [1.807, 2.05) is 18.2 Å². The molecule has 1 aromatic heterocycles. The highest BCUT2D eigenvalue weighted by Crippen LogP contribution is 2.31. The zero-order valence-corrected chi connectivity index (χ0v) is 10.7. The molecule has 0 saturated carbocycles. The number of hydrogen-bond donors (Lipinski definition) is 1. The van der Waals surface area contributed by atoms with E-state index >= 15 is 0 Å². The molecule has 1 aliphatic heterocycles.